The minimum Gasteiger partial charge on any atom is -0.361 e. The van der Waals surface area contributed by atoms with Crippen molar-refractivity contribution >= 4 is 15.9 Å². The normalized spacial score (nSPS) is 15.7. The van der Waals surface area contributed by atoms with Gasteiger partial charge in [0, 0.05) is 18.2 Å². The molecule has 2 N–H and O–H groups in total. The fraction of sp³-hybridized carbons (Fsp3) is 0.444. The molecular weight excluding hydrogens is 354 g/mol. The summed E-state index contributed by atoms with van der Waals surface area (Å²) in [4.78, 5) is 12.6. The van der Waals surface area contributed by atoms with Gasteiger partial charge >= 0.3 is 0 Å². The molecule has 1 heterocycles. The van der Waals surface area contributed by atoms with Crippen LogP contribution in [0.4, 0.5) is 0 Å². The smallest absolute Gasteiger partial charge is 0.240 e. The molecule has 1 aromatic carbocycles. The topological polar surface area (TPSA) is 101 Å². The highest BCUT2D eigenvalue weighted by atomic mass is 32.2. The zero-order chi connectivity index (χ0) is 18.9. The Hall–Kier alpha value is -2.19. The van der Waals surface area contributed by atoms with Gasteiger partial charge in [-0.2, -0.15) is 0 Å². The van der Waals surface area contributed by atoms with Gasteiger partial charge in [0.2, 0.25) is 15.9 Å². The van der Waals surface area contributed by atoms with Crippen LogP contribution in [0, 0.1) is 13.8 Å². The third kappa shape index (κ3) is 4.13. The number of sulfonamides is 1. The minimum atomic E-state index is -3.45. The Labute approximate surface area is 153 Å². The van der Waals surface area contributed by atoms with E-state index in [9.17, 15) is 13.2 Å². The summed E-state index contributed by atoms with van der Waals surface area (Å²) >= 11 is 0. The van der Waals surface area contributed by atoms with Gasteiger partial charge in [-0.15, -0.1) is 0 Å². The highest BCUT2D eigenvalue weighted by molar-refractivity contribution is 7.89. The van der Waals surface area contributed by atoms with E-state index in [0.717, 1.165) is 24.0 Å². The molecular formula is C18H23N3O4S. The van der Waals surface area contributed by atoms with Crippen LogP contribution in [-0.4, -0.2) is 25.5 Å². The number of amides is 1. The lowest BCUT2D eigenvalue weighted by Gasteiger charge is -2.12. The van der Waals surface area contributed by atoms with Crippen molar-refractivity contribution in [2.75, 3.05) is 0 Å². The Kier molecular flexibility index (Phi) is 5.15. The molecule has 1 aliphatic rings. The van der Waals surface area contributed by atoms with Crippen LogP contribution < -0.4 is 10.0 Å². The van der Waals surface area contributed by atoms with Crippen LogP contribution in [0.1, 0.15) is 48.3 Å². The maximum Gasteiger partial charge on any atom is 0.240 e. The summed E-state index contributed by atoms with van der Waals surface area (Å²) in [5, 5.41) is 6.75. The molecule has 0 saturated heterocycles. The second-order valence-electron chi connectivity index (χ2n) is 6.72. The molecule has 1 atom stereocenters. The molecule has 0 bridgehead atoms. The van der Waals surface area contributed by atoms with Gasteiger partial charge in [0.25, 0.3) is 0 Å². The lowest BCUT2D eigenvalue weighted by Crippen LogP contribution is -2.28. The van der Waals surface area contributed by atoms with Gasteiger partial charge in [-0.25, -0.2) is 13.1 Å². The molecule has 0 spiro atoms. The van der Waals surface area contributed by atoms with Crippen molar-refractivity contribution in [3.8, 4) is 0 Å². The van der Waals surface area contributed by atoms with Crippen LogP contribution in [0.3, 0.4) is 0 Å². The molecule has 1 saturated carbocycles. The number of hydrogen-bond acceptors (Lipinski definition) is 5. The number of hydrogen-bond donors (Lipinski definition) is 2. The molecule has 7 nitrogen and oxygen atoms in total. The molecule has 1 fully saturated rings. The van der Waals surface area contributed by atoms with Gasteiger partial charge in [0.05, 0.1) is 16.5 Å². The number of benzene rings is 1. The number of aromatic nitrogens is 1. The Morgan fingerprint density at radius 3 is 2.46 bits per heavy atom. The van der Waals surface area contributed by atoms with E-state index in [-0.39, 0.29) is 22.8 Å². The minimum absolute atomic E-state index is 0.0739. The van der Waals surface area contributed by atoms with Crippen molar-refractivity contribution in [1.82, 2.24) is 15.2 Å². The average molecular weight is 377 g/mol. The standard InChI is InChI=1S/C18H23N3O4S/c1-11(17-12(2)20-25-13(17)3)18(22)19-10-14-4-8-16(9-5-14)26(23,24)21-15-6-7-15/h4-5,8-9,11,15,21H,6-7,10H2,1-3H3,(H,19,22). The predicted octanol–water partition coefficient (Wildman–Crippen LogP) is 2.15. The zero-order valence-electron chi connectivity index (χ0n) is 15.1. The molecule has 1 unspecified atom stereocenters. The summed E-state index contributed by atoms with van der Waals surface area (Å²) in [6.07, 6.45) is 1.79. The van der Waals surface area contributed by atoms with E-state index in [4.69, 9.17) is 4.52 Å². The van der Waals surface area contributed by atoms with Crippen molar-refractivity contribution in [3.05, 3.63) is 46.8 Å². The second-order valence-corrected chi connectivity index (χ2v) is 8.43. The summed E-state index contributed by atoms with van der Waals surface area (Å²) in [7, 11) is -3.45. The van der Waals surface area contributed by atoms with Gasteiger partial charge < -0.3 is 9.84 Å². The molecule has 140 valence electrons. The van der Waals surface area contributed by atoms with Gasteiger partial charge in [0.15, 0.2) is 0 Å². The summed E-state index contributed by atoms with van der Waals surface area (Å²) in [6.45, 7) is 5.72. The highest BCUT2D eigenvalue weighted by Crippen LogP contribution is 2.24. The number of nitrogens with zero attached hydrogens (tertiary/aromatic N) is 1. The van der Waals surface area contributed by atoms with Crippen molar-refractivity contribution < 1.29 is 17.7 Å². The Bertz CT molecular complexity index is 880. The van der Waals surface area contributed by atoms with Gasteiger partial charge in [-0.1, -0.05) is 17.3 Å². The van der Waals surface area contributed by atoms with Crippen LogP contribution in [0.25, 0.3) is 0 Å². The maximum atomic E-state index is 12.4. The lowest BCUT2D eigenvalue weighted by molar-refractivity contribution is -0.122. The van der Waals surface area contributed by atoms with Gasteiger partial charge in [-0.3, -0.25) is 4.79 Å². The SMILES string of the molecule is Cc1noc(C)c1C(C)C(=O)NCc1ccc(S(=O)(=O)NC2CC2)cc1. The lowest BCUT2D eigenvalue weighted by atomic mass is 9.98. The van der Waals surface area contributed by atoms with E-state index in [1.807, 2.05) is 6.92 Å². The molecule has 1 aliphatic carbocycles. The fourth-order valence-electron chi connectivity index (χ4n) is 2.86. The second kappa shape index (κ2) is 7.20. The maximum absolute atomic E-state index is 12.4. The Morgan fingerprint density at radius 1 is 1.27 bits per heavy atom. The molecule has 3 rings (SSSR count). The van der Waals surface area contributed by atoms with Crippen LogP contribution in [0.2, 0.25) is 0 Å². The number of nitrogens with one attached hydrogen (secondary N) is 2. The predicted molar refractivity (Wildman–Crippen MR) is 96.0 cm³/mol. The molecule has 8 heteroatoms. The average Bonchev–Trinajstić information content (AvgIpc) is 3.34. The van der Waals surface area contributed by atoms with Crippen molar-refractivity contribution in [1.29, 1.82) is 0 Å². The summed E-state index contributed by atoms with van der Waals surface area (Å²) in [5.41, 5.74) is 2.34. The van der Waals surface area contributed by atoms with Crippen molar-refractivity contribution in [3.63, 3.8) is 0 Å². The fourth-order valence-corrected chi connectivity index (χ4v) is 4.16. The molecule has 0 aliphatic heterocycles. The summed E-state index contributed by atoms with van der Waals surface area (Å²) in [6, 6.07) is 6.61. The van der Waals surface area contributed by atoms with E-state index in [0.29, 0.717) is 18.0 Å². The van der Waals surface area contributed by atoms with E-state index in [1.54, 1.807) is 38.1 Å². The molecule has 1 amide bonds. The summed E-state index contributed by atoms with van der Waals surface area (Å²) < 4.78 is 32.1. The van der Waals surface area contributed by atoms with E-state index in [1.165, 1.54) is 0 Å². The largest absolute Gasteiger partial charge is 0.361 e. The van der Waals surface area contributed by atoms with Crippen molar-refractivity contribution in [2.45, 2.75) is 57.0 Å². The van der Waals surface area contributed by atoms with E-state index >= 15 is 0 Å². The van der Waals surface area contributed by atoms with Crippen LogP contribution in [0.5, 0.6) is 0 Å². The monoisotopic (exact) mass is 377 g/mol. The first-order valence-corrected chi connectivity index (χ1v) is 10.1. The van der Waals surface area contributed by atoms with Gasteiger partial charge in [0.1, 0.15) is 5.76 Å². The van der Waals surface area contributed by atoms with E-state index < -0.39 is 10.0 Å². The first-order chi connectivity index (χ1) is 12.3. The van der Waals surface area contributed by atoms with Crippen LogP contribution in [0.15, 0.2) is 33.7 Å². The quantitative estimate of drug-likeness (QED) is 0.770. The van der Waals surface area contributed by atoms with Crippen LogP contribution >= 0.6 is 0 Å². The highest BCUT2D eigenvalue weighted by Gasteiger charge is 2.28. The molecule has 0 radical (unpaired) electrons. The van der Waals surface area contributed by atoms with Gasteiger partial charge in [-0.05, 0) is 51.3 Å². The molecule has 26 heavy (non-hydrogen) atoms. The number of carbonyl (C=O) groups excluding carboxylic acids is 1. The zero-order valence-corrected chi connectivity index (χ0v) is 15.9. The number of aryl methyl sites for hydroxylation is 2. The first-order valence-electron chi connectivity index (χ1n) is 8.59. The van der Waals surface area contributed by atoms with Crippen molar-refractivity contribution in [2.24, 2.45) is 0 Å². The molecule has 1 aromatic heterocycles. The third-order valence-electron chi connectivity index (χ3n) is 4.51. The molecule has 2 aromatic rings. The number of carbonyl (C=O) groups is 1. The summed E-state index contributed by atoms with van der Waals surface area (Å²) in [5.74, 6) is 0.137. The number of rotatable bonds is 7. The Balaban J connectivity index is 1.60. The van der Waals surface area contributed by atoms with E-state index in [2.05, 4.69) is 15.2 Å². The third-order valence-corrected chi connectivity index (χ3v) is 6.05. The first kappa shape index (κ1) is 18.6. The van der Waals surface area contributed by atoms with Crippen LogP contribution in [-0.2, 0) is 21.4 Å². The Morgan fingerprint density at radius 2 is 1.92 bits per heavy atom.